The summed E-state index contributed by atoms with van der Waals surface area (Å²) in [5.41, 5.74) is 3.27. The molecule has 0 saturated carbocycles. The van der Waals surface area contributed by atoms with E-state index in [0.717, 1.165) is 27.3 Å². The van der Waals surface area contributed by atoms with Crippen molar-refractivity contribution in [1.29, 1.82) is 0 Å². The lowest BCUT2D eigenvalue weighted by atomic mass is 10.1. The molecule has 144 valence electrons. The van der Waals surface area contributed by atoms with Gasteiger partial charge in [0.2, 0.25) is 5.91 Å². The molecule has 3 rings (SSSR count). The van der Waals surface area contributed by atoms with E-state index >= 15 is 0 Å². The lowest BCUT2D eigenvalue weighted by Crippen LogP contribution is -2.16. The molecule has 0 spiro atoms. The van der Waals surface area contributed by atoms with E-state index in [-0.39, 0.29) is 12.3 Å². The highest BCUT2D eigenvalue weighted by Crippen LogP contribution is 2.35. The molecule has 6 heteroatoms. The Bertz CT molecular complexity index is 995. The van der Waals surface area contributed by atoms with Crippen LogP contribution in [0.15, 0.2) is 54.6 Å². The minimum absolute atomic E-state index is 0.196. The maximum Gasteiger partial charge on any atom is 0.350 e. The molecule has 5 nitrogen and oxygen atoms in total. The molecule has 1 aromatic heterocycles. The van der Waals surface area contributed by atoms with Gasteiger partial charge in [-0.05, 0) is 35.7 Å². The minimum atomic E-state index is -0.470. The number of carbonyl (C=O) groups is 2. The van der Waals surface area contributed by atoms with Gasteiger partial charge in [0.25, 0.3) is 0 Å². The van der Waals surface area contributed by atoms with Gasteiger partial charge in [0.1, 0.15) is 10.6 Å². The van der Waals surface area contributed by atoms with E-state index in [2.05, 4.69) is 5.32 Å². The van der Waals surface area contributed by atoms with Crippen LogP contribution in [0.25, 0.3) is 10.4 Å². The third-order valence-corrected chi connectivity index (χ3v) is 5.42. The van der Waals surface area contributed by atoms with Crippen LogP contribution >= 0.6 is 11.3 Å². The van der Waals surface area contributed by atoms with Crippen molar-refractivity contribution >= 4 is 28.9 Å². The van der Waals surface area contributed by atoms with Crippen molar-refractivity contribution in [2.24, 2.45) is 0 Å². The zero-order valence-electron chi connectivity index (χ0n) is 15.9. The van der Waals surface area contributed by atoms with Crippen LogP contribution in [-0.4, -0.2) is 26.1 Å². The van der Waals surface area contributed by atoms with Crippen LogP contribution in [0.3, 0.4) is 0 Å². The summed E-state index contributed by atoms with van der Waals surface area (Å²) < 4.78 is 10.1. The fourth-order valence-electron chi connectivity index (χ4n) is 2.90. The molecule has 0 fully saturated rings. The molecular weight excluding hydrogens is 374 g/mol. The van der Waals surface area contributed by atoms with Crippen molar-refractivity contribution in [2.45, 2.75) is 13.3 Å². The van der Waals surface area contributed by atoms with E-state index in [0.29, 0.717) is 10.6 Å². The van der Waals surface area contributed by atoms with Crippen LogP contribution in [0.1, 0.15) is 20.8 Å². The van der Waals surface area contributed by atoms with Crippen molar-refractivity contribution in [2.75, 3.05) is 19.5 Å². The third-order valence-electron chi connectivity index (χ3n) is 4.26. The van der Waals surface area contributed by atoms with Gasteiger partial charge in [-0.1, -0.05) is 42.5 Å². The molecule has 0 unspecified atom stereocenters. The molecule has 0 aliphatic carbocycles. The lowest BCUT2D eigenvalue weighted by Gasteiger charge is -2.08. The second-order valence-corrected chi connectivity index (χ2v) is 7.29. The van der Waals surface area contributed by atoms with Gasteiger partial charge in [-0.2, -0.15) is 0 Å². The smallest absolute Gasteiger partial charge is 0.350 e. The Labute approximate surface area is 167 Å². The van der Waals surface area contributed by atoms with Gasteiger partial charge >= 0.3 is 5.97 Å². The summed E-state index contributed by atoms with van der Waals surface area (Å²) in [6, 6.07) is 17.1. The maximum absolute atomic E-state index is 12.6. The maximum atomic E-state index is 12.6. The standard InChI is InChI=1S/C22H21NO4S/c1-14-11-15(9-10-18(14)26-2)12-20(24)23-17-13-19(16-7-5-4-6-8-16)28-21(17)22(25)27-3/h4-11,13H,12H2,1-3H3,(H,23,24). The van der Waals surface area contributed by atoms with Gasteiger partial charge in [-0.15, -0.1) is 11.3 Å². The molecule has 0 radical (unpaired) electrons. The Hall–Kier alpha value is -3.12. The molecule has 0 atom stereocenters. The third kappa shape index (κ3) is 4.40. The zero-order valence-corrected chi connectivity index (χ0v) is 16.8. The normalized spacial score (nSPS) is 10.4. The summed E-state index contributed by atoms with van der Waals surface area (Å²) >= 11 is 1.30. The number of methoxy groups -OCH3 is 2. The van der Waals surface area contributed by atoms with E-state index in [1.807, 2.05) is 61.5 Å². The molecule has 0 aliphatic heterocycles. The first kappa shape index (κ1) is 19.6. The van der Waals surface area contributed by atoms with Crippen LogP contribution in [0.2, 0.25) is 0 Å². The largest absolute Gasteiger partial charge is 0.496 e. The monoisotopic (exact) mass is 395 g/mol. The molecule has 2 aromatic carbocycles. The van der Waals surface area contributed by atoms with E-state index in [1.165, 1.54) is 18.4 Å². The number of nitrogens with one attached hydrogen (secondary N) is 1. The Kier molecular flexibility index (Phi) is 6.11. The molecule has 3 aromatic rings. The average molecular weight is 395 g/mol. The number of hydrogen-bond acceptors (Lipinski definition) is 5. The van der Waals surface area contributed by atoms with Gasteiger partial charge in [0.15, 0.2) is 0 Å². The first-order chi connectivity index (χ1) is 13.5. The Morgan fingerprint density at radius 2 is 1.79 bits per heavy atom. The summed E-state index contributed by atoms with van der Waals surface area (Å²) in [5, 5.41) is 2.85. The SMILES string of the molecule is COC(=O)c1sc(-c2ccccc2)cc1NC(=O)Cc1ccc(OC)c(C)c1. The first-order valence-corrected chi connectivity index (χ1v) is 9.54. The number of rotatable bonds is 6. The number of thiophene rings is 1. The molecule has 1 amide bonds. The second-order valence-electron chi connectivity index (χ2n) is 6.24. The molecule has 0 saturated heterocycles. The molecule has 0 bridgehead atoms. The zero-order chi connectivity index (χ0) is 20.1. The molecule has 0 aliphatic rings. The fourth-order valence-corrected chi connectivity index (χ4v) is 3.94. The summed E-state index contributed by atoms with van der Waals surface area (Å²) in [4.78, 5) is 26.0. The summed E-state index contributed by atoms with van der Waals surface area (Å²) in [7, 11) is 2.94. The van der Waals surface area contributed by atoms with Gasteiger partial charge in [0.05, 0.1) is 26.3 Å². The fraction of sp³-hybridized carbons (Fsp3) is 0.182. The Morgan fingerprint density at radius 3 is 2.43 bits per heavy atom. The molecule has 1 heterocycles. The number of esters is 1. The summed E-state index contributed by atoms with van der Waals surface area (Å²) in [6.45, 7) is 1.93. The highest BCUT2D eigenvalue weighted by Gasteiger charge is 2.19. The number of ether oxygens (including phenoxy) is 2. The van der Waals surface area contributed by atoms with Crippen LogP contribution < -0.4 is 10.1 Å². The van der Waals surface area contributed by atoms with E-state index in [1.54, 1.807) is 7.11 Å². The van der Waals surface area contributed by atoms with E-state index < -0.39 is 5.97 Å². The average Bonchev–Trinajstić information content (AvgIpc) is 3.12. The molecular formula is C22H21NO4S. The van der Waals surface area contributed by atoms with Crippen LogP contribution in [0.5, 0.6) is 5.75 Å². The summed E-state index contributed by atoms with van der Waals surface area (Å²) in [6.07, 6.45) is 0.196. The van der Waals surface area contributed by atoms with Gasteiger partial charge in [-0.3, -0.25) is 4.79 Å². The number of aryl methyl sites for hydroxylation is 1. The highest BCUT2D eigenvalue weighted by atomic mass is 32.1. The van der Waals surface area contributed by atoms with E-state index in [9.17, 15) is 9.59 Å². The second kappa shape index (κ2) is 8.71. The number of hydrogen-bond donors (Lipinski definition) is 1. The van der Waals surface area contributed by atoms with Crippen molar-refractivity contribution in [1.82, 2.24) is 0 Å². The number of amides is 1. The lowest BCUT2D eigenvalue weighted by molar-refractivity contribution is -0.115. The predicted octanol–water partition coefficient (Wildman–Crippen LogP) is 4.70. The van der Waals surface area contributed by atoms with Crippen molar-refractivity contribution < 1.29 is 19.1 Å². The minimum Gasteiger partial charge on any atom is -0.496 e. The first-order valence-electron chi connectivity index (χ1n) is 8.72. The Morgan fingerprint density at radius 1 is 1.04 bits per heavy atom. The van der Waals surface area contributed by atoms with Crippen LogP contribution in [-0.2, 0) is 16.0 Å². The van der Waals surface area contributed by atoms with Gasteiger partial charge in [-0.25, -0.2) is 4.79 Å². The summed E-state index contributed by atoms with van der Waals surface area (Å²) in [5.74, 6) is 0.109. The Balaban J connectivity index is 1.82. The quantitative estimate of drug-likeness (QED) is 0.615. The van der Waals surface area contributed by atoms with Crippen LogP contribution in [0, 0.1) is 6.92 Å². The van der Waals surface area contributed by atoms with E-state index in [4.69, 9.17) is 9.47 Å². The van der Waals surface area contributed by atoms with Gasteiger partial charge in [0, 0.05) is 4.88 Å². The topological polar surface area (TPSA) is 64.6 Å². The predicted molar refractivity (Wildman–Crippen MR) is 111 cm³/mol. The number of anilines is 1. The highest BCUT2D eigenvalue weighted by molar-refractivity contribution is 7.18. The number of carbonyl (C=O) groups excluding carboxylic acids is 2. The van der Waals surface area contributed by atoms with Crippen molar-refractivity contribution in [3.8, 4) is 16.2 Å². The molecule has 28 heavy (non-hydrogen) atoms. The van der Waals surface area contributed by atoms with Crippen molar-refractivity contribution in [3.05, 3.63) is 70.6 Å². The van der Waals surface area contributed by atoms with Crippen molar-refractivity contribution in [3.63, 3.8) is 0 Å². The molecule has 1 N–H and O–H groups in total. The van der Waals surface area contributed by atoms with Gasteiger partial charge < -0.3 is 14.8 Å². The number of benzene rings is 2. The van der Waals surface area contributed by atoms with Crippen LogP contribution in [0.4, 0.5) is 5.69 Å².